The lowest BCUT2D eigenvalue weighted by molar-refractivity contribution is -0.123. The molecule has 1 amide bonds. The number of halogens is 4. The van der Waals surface area contributed by atoms with Gasteiger partial charge < -0.3 is 15.8 Å². The van der Waals surface area contributed by atoms with Gasteiger partial charge in [0.2, 0.25) is 5.91 Å². The number of hydrogen-bond acceptors (Lipinski definition) is 3. The average molecular weight is 327 g/mol. The fourth-order valence-electron chi connectivity index (χ4n) is 1.23. The van der Waals surface area contributed by atoms with Crippen LogP contribution in [0.3, 0.4) is 0 Å². The Balaban J connectivity index is 2.97. The number of nitrogens with two attached hydrogens (primary N) is 1. The predicted molar refractivity (Wildman–Crippen MR) is 74.6 cm³/mol. The van der Waals surface area contributed by atoms with Gasteiger partial charge in [-0.25, -0.2) is 0 Å². The maximum atomic E-state index is 12.2. The van der Waals surface area contributed by atoms with E-state index in [-0.39, 0.29) is 33.9 Å². The van der Waals surface area contributed by atoms with E-state index in [0.717, 1.165) is 0 Å². The molecule has 0 heterocycles. The van der Waals surface area contributed by atoms with Crippen LogP contribution in [0.25, 0.3) is 0 Å². The van der Waals surface area contributed by atoms with Crippen molar-refractivity contribution in [1.82, 2.24) is 0 Å². The zero-order valence-electron chi connectivity index (χ0n) is 10.8. The molecule has 0 saturated heterocycles. The number of benzene rings is 1. The molecular weight excluding hydrogens is 313 g/mol. The Morgan fingerprint density at radius 1 is 1.40 bits per heavy atom. The molecular formula is C12H14Cl2F2N2O2. The molecule has 112 valence electrons. The van der Waals surface area contributed by atoms with Crippen molar-refractivity contribution in [3.63, 3.8) is 0 Å². The van der Waals surface area contributed by atoms with E-state index in [1.165, 1.54) is 12.1 Å². The van der Waals surface area contributed by atoms with Gasteiger partial charge in [0, 0.05) is 12.2 Å². The van der Waals surface area contributed by atoms with Gasteiger partial charge in [0.05, 0.1) is 15.5 Å². The molecule has 0 atom stereocenters. The largest absolute Gasteiger partial charge is 0.432 e. The van der Waals surface area contributed by atoms with Crippen LogP contribution in [0.5, 0.6) is 5.75 Å². The molecule has 0 spiro atoms. The molecule has 20 heavy (non-hydrogen) atoms. The third-order valence-corrected chi connectivity index (χ3v) is 3.15. The van der Waals surface area contributed by atoms with Crippen LogP contribution in [0.15, 0.2) is 12.1 Å². The van der Waals surface area contributed by atoms with E-state index in [9.17, 15) is 13.6 Å². The molecule has 3 N–H and O–H groups in total. The van der Waals surface area contributed by atoms with E-state index < -0.39 is 12.0 Å². The molecule has 1 aromatic rings. The maximum Gasteiger partial charge on any atom is 0.387 e. The molecule has 1 rings (SSSR count). The van der Waals surface area contributed by atoms with Crippen LogP contribution < -0.4 is 15.8 Å². The van der Waals surface area contributed by atoms with Crippen molar-refractivity contribution in [3.8, 4) is 5.75 Å². The molecule has 0 aliphatic carbocycles. The van der Waals surface area contributed by atoms with E-state index in [4.69, 9.17) is 28.9 Å². The molecule has 0 saturated carbocycles. The first kappa shape index (κ1) is 16.9. The molecule has 0 unspecified atom stereocenters. The second-order valence-corrected chi connectivity index (χ2v) is 5.50. The summed E-state index contributed by atoms with van der Waals surface area (Å²) < 4.78 is 28.5. The summed E-state index contributed by atoms with van der Waals surface area (Å²) in [6.07, 6.45) is 0. The molecule has 0 radical (unpaired) electrons. The van der Waals surface area contributed by atoms with Crippen molar-refractivity contribution in [1.29, 1.82) is 0 Å². The summed E-state index contributed by atoms with van der Waals surface area (Å²) in [6.45, 7) is 0.439. The highest BCUT2D eigenvalue weighted by atomic mass is 35.5. The predicted octanol–water partition coefficient (Wildman–Crippen LogP) is 3.52. The smallest absolute Gasteiger partial charge is 0.387 e. The molecule has 0 aliphatic heterocycles. The van der Waals surface area contributed by atoms with Crippen molar-refractivity contribution >= 4 is 34.8 Å². The Labute approximate surface area is 125 Å². The maximum absolute atomic E-state index is 12.2. The van der Waals surface area contributed by atoms with E-state index in [1.54, 1.807) is 13.8 Å². The lowest BCUT2D eigenvalue weighted by atomic mass is 9.92. The lowest BCUT2D eigenvalue weighted by Crippen LogP contribution is -2.37. The highest BCUT2D eigenvalue weighted by Crippen LogP contribution is 2.37. The van der Waals surface area contributed by atoms with Gasteiger partial charge in [-0.05, 0) is 26.0 Å². The van der Waals surface area contributed by atoms with Gasteiger partial charge in [-0.2, -0.15) is 8.78 Å². The lowest BCUT2D eigenvalue weighted by Gasteiger charge is -2.21. The van der Waals surface area contributed by atoms with Crippen LogP contribution in [-0.4, -0.2) is 19.1 Å². The third-order valence-electron chi connectivity index (χ3n) is 2.59. The number of hydrogen-bond donors (Lipinski definition) is 2. The van der Waals surface area contributed by atoms with Crippen LogP contribution in [-0.2, 0) is 4.79 Å². The van der Waals surface area contributed by atoms with Crippen molar-refractivity contribution in [2.75, 3.05) is 11.9 Å². The summed E-state index contributed by atoms with van der Waals surface area (Å²) in [6, 6.07) is 2.55. The van der Waals surface area contributed by atoms with Gasteiger partial charge in [-0.1, -0.05) is 23.2 Å². The Kier molecular flexibility index (Phi) is 5.56. The van der Waals surface area contributed by atoms with Crippen molar-refractivity contribution < 1.29 is 18.3 Å². The van der Waals surface area contributed by atoms with Crippen LogP contribution in [0.2, 0.25) is 10.0 Å². The van der Waals surface area contributed by atoms with Gasteiger partial charge >= 0.3 is 6.61 Å². The second kappa shape index (κ2) is 6.56. The van der Waals surface area contributed by atoms with Crippen molar-refractivity contribution in [3.05, 3.63) is 22.2 Å². The molecule has 0 aromatic heterocycles. The SMILES string of the molecule is CC(C)(CN)C(=O)Nc1cc(Cl)c(OC(F)F)c(Cl)c1. The summed E-state index contributed by atoms with van der Waals surface area (Å²) in [4.78, 5) is 11.9. The van der Waals surface area contributed by atoms with Gasteiger partial charge in [0.15, 0.2) is 5.75 Å². The molecule has 1 aromatic carbocycles. The standard InChI is InChI=1S/C12H14Cl2F2N2O2/c1-12(2,5-17)10(19)18-6-3-7(13)9(8(14)4-6)20-11(15)16/h3-4,11H,5,17H2,1-2H3,(H,18,19). The molecule has 8 heteroatoms. The summed E-state index contributed by atoms with van der Waals surface area (Å²) in [5.74, 6) is -0.672. The zero-order valence-corrected chi connectivity index (χ0v) is 12.4. The van der Waals surface area contributed by atoms with Crippen LogP contribution >= 0.6 is 23.2 Å². The second-order valence-electron chi connectivity index (χ2n) is 4.69. The topological polar surface area (TPSA) is 64.4 Å². The number of alkyl halides is 2. The van der Waals surface area contributed by atoms with E-state index in [2.05, 4.69) is 10.1 Å². The van der Waals surface area contributed by atoms with Gasteiger partial charge in [0.1, 0.15) is 0 Å². The minimum atomic E-state index is -3.04. The van der Waals surface area contributed by atoms with E-state index >= 15 is 0 Å². The first-order chi connectivity index (χ1) is 9.17. The Hall–Kier alpha value is -1.11. The number of anilines is 1. The van der Waals surface area contributed by atoms with E-state index in [0.29, 0.717) is 0 Å². The van der Waals surface area contributed by atoms with Crippen LogP contribution in [0.4, 0.5) is 14.5 Å². The van der Waals surface area contributed by atoms with Gasteiger partial charge in [-0.3, -0.25) is 4.79 Å². The zero-order chi connectivity index (χ0) is 15.5. The first-order valence-electron chi connectivity index (χ1n) is 5.62. The number of rotatable bonds is 5. The van der Waals surface area contributed by atoms with Crippen LogP contribution in [0.1, 0.15) is 13.8 Å². The monoisotopic (exact) mass is 326 g/mol. The van der Waals surface area contributed by atoms with E-state index in [1.807, 2.05) is 0 Å². The first-order valence-corrected chi connectivity index (χ1v) is 6.38. The molecule has 0 aliphatic rings. The Bertz CT molecular complexity index is 487. The Morgan fingerprint density at radius 2 is 1.90 bits per heavy atom. The fraction of sp³-hybridized carbons (Fsp3) is 0.417. The number of carbonyl (C=O) groups is 1. The Morgan fingerprint density at radius 3 is 2.30 bits per heavy atom. The molecule has 4 nitrogen and oxygen atoms in total. The van der Waals surface area contributed by atoms with Crippen molar-refractivity contribution in [2.45, 2.75) is 20.5 Å². The summed E-state index contributed by atoms with van der Waals surface area (Å²) >= 11 is 11.6. The number of nitrogens with one attached hydrogen (secondary N) is 1. The van der Waals surface area contributed by atoms with Crippen LogP contribution in [0, 0.1) is 5.41 Å². The number of ether oxygens (including phenoxy) is 1. The molecule has 0 bridgehead atoms. The summed E-state index contributed by atoms with van der Waals surface area (Å²) in [5, 5.41) is 2.31. The highest BCUT2D eigenvalue weighted by Gasteiger charge is 2.26. The average Bonchev–Trinajstić information content (AvgIpc) is 2.33. The minimum absolute atomic E-state index is 0.126. The number of carbonyl (C=O) groups excluding carboxylic acids is 1. The summed E-state index contributed by atoms with van der Waals surface area (Å²) in [7, 11) is 0. The fourth-order valence-corrected chi connectivity index (χ4v) is 1.80. The van der Waals surface area contributed by atoms with Crippen molar-refractivity contribution in [2.24, 2.45) is 11.1 Å². The highest BCUT2D eigenvalue weighted by molar-refractivity contribution is 6.37. The summed E-state index contributed by atoms with van der Waals surface area (Å²) in [5.41, 5.74) is 4.97. The normalized spacial score (nSPS) is 11.6. The quantitative estimate of drug-likeness (QED) is 0.870. The molecule has 0 fully saturated rings. The number of amides is 1. The minimum Gasteiger partial charge on any atom is -0.432 e. The third kappa shape index (κ3) is 4.19. The van der Waals surface area contributed by atoms with Gasteiger partial charge in [-0.15, -0.1) is 0 Å². The van der Waals surface area contributed by atoms with Gasteiger partial charge in [0.25, 0.3) is 0 Å².